The zero-order valence-corrected chi connectivity index (χ0v) is 11.6. The summed E-state index contributed by atoms with van der Waals surface area (Å²) in [5.41, 5.74) is 6.17. The maximum atomic E-state index is 6.17. The molecule has 1 aliphatic rings. The Morgan fingerprint density at radius 2 is 1.75 bits per heavy atom. The molecular formula is C14H30N2. The van der Waals surface area contributed by atoms with E-state index in [0.717, 1.165) is 30.8 Å². The fourth-order valence-corrected chi connectivity index (χ4v) is 2.88. The average Bonchev–Trinajstić information content (AvgIpc) is 2.16. The standard InChI is InChI=1S/C14H30N2/c1-11(2)9-13(15)10-16(4)14-7-5-12(3)6-8-14/h11-14H,5-10,15H2,1-4H3. The first kappa shape index (κ1) is 14.0. The number of likely N-dealkylation sites (N-methyl/N-ethyl adjacent to an activating group) is 1. The second-order valence-electron chi connectivity index (χ2n) is 6.24. The van der Waals surface area contributed by atoms with Gasteiger partial charge in [-0.05, 0) is 51.0 Å². The molecule has 1 unspecified atom stereocenters. The van der Waals surface area contributed by atoms with E-state index in [4.69, 9.17) is 5.73 Å². The van der Waals surface area contributed by atoms with Gasteiger partial charge in [-0.25, -0.2) is 0 Å². The van der Waals surface area contributed by atoms with Gasteiger partial charge in [-0.3, -0.25) is 0 Å². The summed E-state index contributed by atoms with van der Waals surface area (Å²) < 4.78 is 0. The van der Waals surface area contributed by atoms with Crippen LogP contribution in [0.1, 0.15) is 52.9 Å². The van der Waals surface area contributed by atoms with Gasteiger partial charge >= 0.3 is 0 Å². The third-order valence-corrected chi connectivity index (χ3v) is 3.91. The van der Waals surface area contributed by atoms with E-state index < -0.39 is 0 Å². The second-order valence-corrected chi connectivity index (χ2v) is 6.24. The summed E-state index contributed by atoms with van der Waals surface area (Å²) >= 11 is 0. The van der Waals surface area contributed by atoms with Crippen molar-refractivity contribution in [3.63, 3.8) is 0 Å². The van der Waals surface area contributed by atoms with Crippen LogP contribution >= 0.6 is 0 Å². The van der Waals surface area contributed by atoms with Crippen LogP contribution in [-0.2, 0) is 0 Å². The lowest BCUT2D eigenvalue weighted by Gasteiger charge is -2.35. The lowest BCUT2D eigenvalue weighted by Crippen LogP contribution is -2.42. The maximum Gasteiger partial charge on any atom is 0.0170 e. The molecule has 16 heavy (non-hydrogen) atoms. The number of hydrogen-bond donors (Lipinski definition) is 1. The van der Waals surface area contributed by atoms with E-state index in [-0.39, 0.29) is 0 Å². The van der Waals surface area contributed by atoms with Crippen molar-refractivity contribution in [1.29, 1.82) is 0 Å². The SMILES string of the molecule is CC(C)CC(N)CN(C)C1CCC(C)CC1. The van der Waals surface area contributed by atoms with E-state index in [2.05, 4.69) is 32.7 Å². The molecular weight excluding hydrogens is 196 g/mol. The van der Waals surface area contributed by atoms with Crippen molar-refractivity contribution in [2.75, 3.05) is 13.6 Å². The number of hydrogen-bond acceptors (Lipinski definition) is 2. The summed E-state index contributed by atoms with van der Waals surface area (Å²) in [7, 11) is 2.25. The molecule has 0 aliphatic heterocycles. The predicted octanol–water partition coefficient (Wildman–Crippen LogP) is 2.87. The summed E-state index contributed by atoms with van der Waals surface area (Å²) in [6.07, 6.45) is 6.68. The third-order valence-electron chi connectivity index (χ3n) is 3.91. The van der Waals surface area contributed by atoms with Gasteiger partial charge in [0.1, 0.15) is 0 Å². The molecule has 1 atom stereocenters. The Balaban J connectivity index is 2.26. The fraction of sp³-hybridized carbons (Fsp3) is 1.00. The van der Waals surface area contributed by atoms with Crippen molar-refractivity contribution in [2.24, 2.45) is 17.6 Å². The fourth-order valence-electron chi connectivity index (χ4n) is 2.88. The first-order valence-electron chi connectivity index (χ1n) is 6.94. The van der Waals surface area contributed by atoms with Gasteiger partial charge in [0.15, 0.2) is 0 Å². The van der Waals surface area contributed by atoms with Crippen LogP contribution in [0.4, 0.5) is 0 Å². The molecule has 0 spiro atoms. The monoisotopic (exact) mass is 226 g/mol. The largest absolute Gasteiger partial charge is 0.327 e. The molecule has 0 radical (unpaired) electrons. The maximum absolute atomic E-state index is 6.17. The Kier molecular flexibility index (Phi) is 5.77. The molecule has 0 aromatic rings. The molecule has 0 saturated heterocycles. The molecule has 2 heteroatoms. The summed E-state index contributed by atoms with van der Waals surface area (Å²) in [5, 5.41) is 0. The molecule has 1 aliphatic carbocycles. The highest BCUT2D eigenvalue weighted by Crippen LogP contribution is 2.26. The van der Waals surface area contributed by atoms with E-state index in [1.165, 1.54) is 25.7 Å². The van der Waals surface area contributed by atoms with Crippen LogP contribution < -0.4 is 5.73 Å². The van der Waals surface area contributed by atoms with Gasteiger partial charge in [0.05, 0.1) is 0 Å². The van der Waals surface area contributed by atoms with E-state index in [1.807, 2.05) is 0 Å². The van der Waals surface area contributed by atoms with Crippen molar-refractivity contribution < 1.29 is 0 Å². The third kappa shape index (κ3) is 4.84. The van der Waals surface area contributed by atoms with Crippen molar-refractivity contribution in [2.45, 2.75) is 65.0 Å². The minimum absolute atomic E-state index is 0.351. The molecule has 0 aromatic heterocycles. The Bertz CT molecular complexity index is 183. The topological polar surface area (TPSA) is 29.3 Å². The summed E-state index contributed by atoms with van der Waals surface area (Å²) in [4.78, 5) is 2.50. The zero-order valence-electron chi connectivity index (χ0n) is 11.6. The number of nitrogens with two attached hydrogens (primary N) is 1. The summed E-state index contributed by atoms with van der Waals surface area (Å²) in [6.45, 7) is 7.95. The molecule has 2 nitrogen and oxygen atoms in total. The molecule has 0 aromatic carbocycles. The molecule has 0 amide bonds. The number of nitrogens with zero attached hydrogens (tertiary/aromatic N) is 1. The Morgan fingerprint density at radius 3 is 2.25 bits per heavy atom. The van der Waals surface area contributed by atoms with Gasteiger partial charge < -0.3 is 10.6 Å². The van der Waals surface area contributed by atoms with Crippen molar-refractivity contribution >= 4 is 0 Å². The Hall–Kier alpha value is -0.0800. The highest BCUT2D eigenvalue weighted by atomic mass is 15.1. The van der Waals surface area contributed by atoms with Gasteiger partial charge in [-0.15, -0.1) is 0 Å². The van der Waals surface area contributed by atoms with Gasteiger partial charge in [0.2, 0.25) is 0 Å². The number of rotatable bonds is 5. The first-order valence-corrected chi connectivity index (χ1v) is 6.94. The van der Waals surface area contributed by atoms with Gasteiger partial charge in [-0.1, -0.05) is 20.8 Å². The summed E-state index contributed by atoms with van der Waals surface area (Å²) in [6, 6.07) is 1.14. The van der Waals surface area contributed by atoms with E-state index in [0.29, 0.717) is 6.04 Å². The smallest absolute Gasteiger partial charge is 0.0170 e. The average molecular weight is 226 g/mol. The molecule has 0 heterocycles. The zero-order chi connectivity index (χ0) is 12.1. The molecule has 1 saturated carbocycles. The van der Waals surface area contributed by atoms with Crippen LogP contribution in [0.5, 0.6) is 0 Å². The van der Waals surface area contributed by atoms with Crippen LogP contribution in [0.2, 0.25) is 0 Å². The highest BCUT2D eigenvalue weighted by molar-refractivity contribution is 4.79. The predicted molar refractivity (Wildman–Crippen MR) is 71.5 cm³/mol. The van der Waals surface area contributed by atoms with Gasteiger partial charge in [0, 0.05) is 18.6 Å². The lowest BCUT2D eigenvalue weighted by molar-refractivity contribution is 0.159. The molecule has 96 valence electrons. The highest BCUT2D eigenvalue weighted by Gasteiger charge is 2.22. The Morgan fingerprint density at radius 1 is 1.19 bits per heavy atom. The molecule has 2 N–H and O–H groups in total. The molecule has 0 bridgehead atoms. The van der Waals surface area contributed by atoms with E-state index in [1.54, 1.807) is 0 Å². The van der Waals surface area contributed by atoms with E-state index >= 15 is 0 Å². The van der Waals surface area contributed by atoms with Gasteiger partial charge in [-0.2, -0.15) is 0 Å². The minimum atomic E-state index is 0.351. The lowest BCUT2D eigenvalue weighted by atomic mass is 9.86. The van der Waals surface area contributed by atoms with Gasteiger partial charge in [0.25, 0.3) is 0 Å². The quantitative estimate of drug-likeness (QED) is 0.781. The Labute approximate surface area is 102 Å². The minimum Gasteiger partial charge on any atom is -0.327 e. The van der Waals surface area contributed by atoms with Crippen LogP contribution in [0, 0.1) is 11.8 Å². The second kappa shape index (κ2) is 6.61. The normalized spacial score (nSPS) is 28.7. The summed E-state index contributed by atoms with van der Waals surface area (Å²) in [5.74, 6) is 1.66. The van der Waals surface area contributed by atoms with E-state index in [9.17, 15) is 0 Å². The molecule has 1 fully saturated rings. The van der Waals surface area contributed by atoms with Crippen LogP contribution in [0.3, 0.4) is 0 Å². The first-order chi connectivity index (χ1) is 7.49. The van der Waals surface area contributed by atoms with Crippen molar-refractivity contribution in [3.8, 4) is 0 Å². The van der Waals surface area contributed by atoms with Crippen LogP contribution in [0.15, 0.2) is 0 Å². The van der Waals surface area contributed by atoms with Crippen LogP contribution in [0.25, 0.3) is 0 Å². The molecule has 1 rings (SSSR count). The van der Waals surface area contributed by atoms with Crippen molar-refractivity contribution in [1.82, 2.24) is 4.90 Å². The van der Waals surface area contributed by atoms with Crippen molar-refractivity contribution in [3.05, 3.63) is 0 Å². The van der Waals surface area contributed by atoms with Crippen LogP contribution in [-0.4, -0.2) is 30.6 Å².